The maximum absolute atomic E-state index is 12.0. The molecule has 0 radical (unpaired) electrons. The zero-order valence-electron chi connectivity index (χ0n) is 11.9. The standard InChI is InChI=1S/C16H19N3O2/c20-16(13-4-2-1-3-5-13)17-7-8-19-11-15(10-18-19)14-6-9-21-12-14/h1-2,6,9-13H,3-5,7-8H2,(H,17,20)/t13-/m0/s1. The lowest BCUT2D eigenvalue weighted by Gasteiger charge is -2.17. The molecule has 0 fully saturated rings. The number of amides is 1. The van der Waals surface area contributed by atoms with Gasteiger partial charge in [0.05, 0.1) is 25.3 Å². The third-order valence-corrected chi connectivity index (χ3v) is 3.77. The lowest BCUT2D eigenvalue weighted by molar-refractivity contribution is -0.125. The smallest absolute Gasteiger partial charge is 0.223 e. The van der Waals surface area contributed by atoms with Crippen molar-refractivity contribution in [3.8, 4) is 11.1 Å². The lowest BCUT2D eigenvalue weighted by atomic mass is 9.94. The van der Waals surface area contributed by atoms with Gasteiger partial charge in [-0.3, -0.25) is 9.48 Å². The molecule has 3 rings (SSSR count). The van der Waals surface area contributed by atoms with Gasteiger partial charge in [0.1, 0.15) is 0 Å². The number of nitrogens with zero attached hydrogens (tertiary/aromatic N) is 2. The van der Waals surface area contributed by atoms with Gasteiger partial charge in [-0.15, -0.1) is 0 Å². The Morgan fingerprint density at radius 1 is 1.43 bits per heavy atom. The van der Waals surface area contributed by atoms with Gasteiger partial charge in [-0.25, -0.2) is 0 Å². The van der Waals surface area contributed by atoms with Crippen molar-refractivity contribution in [3.63, 3.8) is 0 Å². The minimum Gasteiger partial charge on any atom is -0.472 e. The monoisotopic (exact) mass is 285 g/mol. The Balaban J connectivity index is 1.47. The van der Waals surface area contributed by atoms with Crippen molar-refractivity contribution < 1.29 is 9.21 Å². The summed E-state index contributed by atoms with van der Waals surface area (Å²) >= 11 is 0. The number of hydrogen-bond acceptors (Lipinski definition) is 3. The van der Waals surface area contributed by atoms with E-state index >= 15 is 0 Å². The summed E-state index contributed by atoms with van der Waals surface area (Å²) in [6.07, 6.45) is 14.2. The quantitative estimate of drug-likeness (QED) is 0.859. The third kappa shape index (κ3) is 3.42. The number of carbonyl (C=O) groups is 1. The van der Waals surface area contributed by atoms with Gasteiger partial charge in [0.25, 0.3) is 0 Å². The topological polar surface area (TPSA) is 60.1 Å². The molecule has 2 heterocycles. The maximum Gasteiger partial charge on any atom is 0.223 e. The largest absolute Gasteiger partial charge is 0.472 e. The average Bonchev–Trinajstić information content (AvgIpc) is 3.19. The Labute approximate surface area is 123 Å². The van der Waals surface area contributed by atoms with Crippen LogP contribution in [0.2, 0.25) is 0 Å². The number of hydrogen-bond donors (Lipinski definition) is 1. The van der Waals surface area contributed by atoms with Gasteiger partial charge >= 0.3 is 0 Å². The van der Waals surface area contributed by atoms with Crippen molar-refractivity contribution in [2.45, 2.75) is 25.8 Å². The first-order valence-corrected chi connectivity index (χ1v) is 7.30. The highest BCUT2D eigenvalue weighted by Gasteiger charge is 2.17. The van der Waals surface area contributed by atoms with Gasteiger partial charge in [0.2, 0.25) is 5.91 Å². The highest BCUT2D eigenvalue weighted by Crippen LogP contribution is 2.19. The molecule has 0 spiro atoms. The van der Waals surface area contributed by atoms with Crippen LogP contribution in [0.15, 0.2) is 47.6 Å². The second-order valence-corrected chi connectivity index (χ2v) is 5.28. The number of carbonyl (C=O) groups excluding carboxylic acids is 1. The first kappa shape index (κ1) is 13.7. The highest BCUT2D eigenvalue weighted by molar-refractivity contribution is 5.78. The Morgan fingerprint density at radius 2 is 2.38 bits per heavy atom. The molecule has 5 heteroatoms. The van der Waals surface area contributed by atoms with Crippen LogP contribution in [0, 0.1) is 5.92 Å². The van der Waals surface area contributed by atoms with Crippen molar-refractivity contribution in [3.05, 3.63) is 43.1 Å². The van der Waals surface area contributed by atoms with E-state index in [-0.39, 0.29) is 11.8 Å². The molecule has 1 amide bonds. The molecule has 110 valence electrons. The van der Waals surface area contributed by atoms with Crippen LogP contribution in [0.4, 0.5) is 0 Å². The summed E-state index contributed by atoms with van der Waals surface area (Å²) in [6.45, 7) is 1.28. The predicted molar refractivity (Wildman–Crippen MR) is 79.4 cm³/mol. The Morgan fingerprint density at radius 3 is 3.14 bits per heavy atom. The molecule has 0 saturated heterocycles. The van der Waals surface area contributed by atoms with Gasteiger partial charge in [0.15, 0.2) is 0 Å². The van der Waals surface area contributed by atoms with Crippen molar-refractivity contribution >= 4 is 5.91 Å². The molecule has 0 bridgehead atoms. The van der Waals surface area contributed by atoms with Gasteiger partial charge in [-0.05, 0) is 25.3 Å². The maximum atomic E-state index is 12.0. The average molecular weight is 285 g/mol. The minimum atomic E-state index is 0.133. The molecule has 0 aliphatic heterocycles. The van der Waals surface area contributed by atoms with E-state index in [9.17, 15) is 4.79 Å². The molecule has 1 aliphatic carbocycles. The van der Waals surface area contributed by atoms with Crippen LogP contribution in [-0.4, -0.2) is 22.2 Å². The molecular weight excluding hydrogens is 266 g/mol. The molecule has 1 N–H and O–H groups in total. The number of furan rings is 1. The van der Waals surface area contributed by atoms with E-state index in [1.807, 2.05) is 16.9 Å². The first-order chi connectivity index (χ1) is 10.3. The third-order valence-electron chi connectivity index (χ3n) is 3.77. The predicted octanol–water partition coefficient (Wildman–Crippen LogP) is 2.62. The number of aromatic nitrogens is 2. The van der Waals surface area contributed by atoms with E-state index in [4.69, 9.17) is 4.42 Å². The van der Waals surface area contributed by atoms with Crippen molar-refractivity contribution in [1.29, 1.82) is 0 Å². The first-order valence-electron chi connectivity index (χ1n) is 7.30. The molecule has 5 nitrogen and oxygen atoms in total. The van der Waals surface area contributed by atoms with Crippen LogP contribution in [0.5, 0.6) is 0 Å². The fourth-order valence-corrected chi connectivity index (χ4v) is 2.53. The van der Waals surface area contributed by atoms with Crippen molar-refractivity contribution in [1.82, 2.24) is 15.1 Å². The molecule has 2 aromatic heterocycles. The molecule has 2 aromatic rings. The second-order valence-electron chi connectivity index (χ2n) is 5.28. The Bertz CT molecular complexity index is 613. The second kappa shape index (κ2) is 6.43. The molecule has 1 atom stereocenters. The van der Waals surface area contributed by atoms with E-state index in [1.165, 1.54) is 0 Å². The van der Waals surface area contributed by atoms with Crippen LogP contribution in [0.25, 0.3) is 11.1 Å². The van der Waals surface area contributed by atoms with Gasteiger partial charge in [0, 0.05) is 29.8 Å². The summed E-state index contributed by atoms with van der Waals surface area (Å²) in [5.41, 5.74) is 2.03. The minimum absolute atomic E-state index is 0.133. The van der Waals surface area contributed by atoms with Crippen LogP contribution in [0.3, 0.4) is 0 Å². The number of nitrogens with one attached hydrogen (secondary N) is 1. The molecule has 0 saturated carbocycles. The van der Waals surface area contributed by atoms with Crippen LogP contribution < -0.4 is 5.32 Å². The Kier molecular flexibility index (Phi) is 4.19. The molecule has 21 heavy (non-hydrogen) atoms. The van der Waals surface area contributed by atoms with E-state index < -0.39 is 0 Å². The Hall–Kier alpha value is -2.30. The van der Waals surface area contributed by atoms with E-state index in [2.05, 4.69) is 22.6 Å². The van der Waals surface area contributed by atoms with Gasteiger partial charge in [-0.2, -0.15) is 5.10 Å². The normalized spacial score (nSPS) is 17.8. The summed E-state index contributed by atoms with van der Waals surface area (Å²) in [5.74, 6) is 0.288. The molecule has 0 aromatic carbocycles. The van der Waals surface area contributed by atoms with E-state index in [0.717, 1.165) is 30.4 Å². The van der Waals surface area contributed by atoms with Crippen LogP contribution >= 0.6 is 0 Å². The summed E-state index contributed by atoms with van der Waals surface area (Å²) in [7, 11) is 0. The number of rotatable bonds is 5. The molecule has 1 aliphatic rings. The molecule has 0 unspecified atom stereocenters. The SMILES string of the molecule is O=C(NCCn1cc(-c2ccoc2)cn1)[C@H]1CC=CCC1. The summed E-state index contributed by atoms with van der Waals surface area (Å²) < 4.78 is 6.90. The van der Waals surface area contributed by atoms with Gasteiger partial charge in [-0.1, -0.05) is 12.2 Å². The van der Waals surface area contributed by atoms with Gasteiger partial charge < -0.3 is 9.73 Å². The zero-order chi connectivity index (χ0) is 14.5. The van der Waals surface area contributed by atoms with Crippen molar-refractivity contribution in [2.75, 3.05) is 6.54 Å². The summed E-state index contributed by atoms with van der Waals surface area (Å²) in [4.78, 5) is 12.0. The fraction of sp³-hybridized carbons (Fsp3) is 0.375. The fourth-order valence-electron chi connectivity index (χ4n) is 2.53. The highest BCUT2D eigenvalue weighted by atomic mass is 16.3. The van der Waals surface area contributed by atoms with E-state index in [1.54, 1.807) is 18.7 Å². The summed E-state index contributed by atoms with van der Waals surface area (Å²) in [6, 6.07) is 1.90. The van der Waals surface area contributed by atoms with Crippen molar-refractivity contribution in [2.24, 2.45) is 5.92 Å². The number of allylic oxidation sites excluding steroid dienone is 2. The summed E-state index contributed by atoms with van der Waals surface area (Å²) in [5, 5.41) is 7.29. The zero-order valence-corrected chi connectivity index (χ0v) is 11.9. The van der Waals surface area contributed by atoms with Crippen LogP contribution in [0.1, 0.15) is 19.3 Å². The molecular formula is C16H19N3O2. The lowest BCUT2D eigenvalue weighted by Crippen LogP contribution is -2.33. The van der Waals surface area contributed by atoms with Crippen LogP contribution in [-0.2, 0) is 11.3 Å². The van der Waals surface area contributed by atoms with E-state index in [0.29, 0.717) is 13.1 Å².